The molecule has 0 spiro atoms. The minimum atomic E-state index is -4.62. The Kier molecular flexibility index (Phi) is 9.47. The van der Waals surface area contributed by atoms with Gasteiger partial charge in [0, 0.05) is 0 Å². The van der Waals surface area contributed by atoms with Crippen LogP contribution in [0, 0.1) is 11.3 Å². The van der Waals surface area contributed by atoms with Crippen LogP contribution in [-0.2, 0) is 22.0 Å². The Balaban J connectivity index is 2.81. The molecule has 0 aliphatic heterocycles. The van der Waals surface area contributed by atoms with E-state index in [0.29, 0.717) is 0 Å². The van der Waals surface area contributed by atoms with Gasteiger partial charge in [-0.15, -0.1) is 11.8 Å². The van der Waals surface area contributed by atoms with Crippen LogP contribution in [0.25, 0.3) is 0 Å². The number of alkyl halides is 3. The molecule has 0 atom stereocenters. The van der Waals surface area contributed by atoms with Crippen LogP contribution in [0.4, 0.5) is 13.2 Å². The molecule has 4 nitrogen and oxygen atoms in total. The van der Waals surface area contributed by atoms with Gasteiger partial charge in [0.2, 0.25) is 10.0 Å². The first-order chi connectivity index (χ1) is 12.2. The second-order valence-corrected chi connectivity index (χ2v) is 8.82. The number of benzene rings is 1. The number of sulfonamides is 1. The maximum absolute atomic E-state index is 13.1. The Morgan fingerprint density at radius 2 is 1.88 bits per heavy atom. The van der Waals surface area contributed by atoms with Gasteiger partial charge in [0.05, 0.1) is 23.3 Å². The van der Waals surface area contributed by atoms with E-state index in [1.807, 2.05) is 0 Å². The lowest BCUT2D eigenvalue weighted by atomic mass is 10.1. The molecule has 1 aromatic rings. The van der Waals surface area contributed by atoms with Gasteiger partial charge < -0.3 is 0 Å². The molecule has 0 aromatic heterocycles. The molecule has 0 unspecified atom stereocenters. The molecule has 0 amide bonds. The smallest absolute Gasteiger partial charge is 0.212 e. The third-order valence-corrected chi connectivity index (χ3v) is 6.63. The zero-order valence-corrected chi connectivity index (χ0v) is 16.3. The molecule has 1 rings (SSSR count). The zero-order valence-electron chi connectivity index (χ0n) is 14.6. The largest absolute Gasteiger partial charge is 0.416 e. The summed E-state index contributed by atoms with van der Waals surface area (Å²) in [6.07, 6.45) is -0.434. The molecule has 26 heavy (non-hydrogen) atoms. The molecule has 0 bridgehead atoms. The summed E-state index contributed by atoms with van der Waals surface area (Å²) in [5.74, 6) is 0.0353. The summed E-state index contributed by atoms with van der Waals surface area (Å²) in [6.45, 7) is 1.71. The van der Waals surface area contributed by atoms with Crippen LogP contribution in [0.15, 0.2) is 24.3 Å². The van der Waals surface area contributed by atoms with Crippen LogP contribution < -0.4 is 0 Å². The molecule has 0 fully saturated rings. The van der Waals surface area contributed by atoms with Gasteiger partial charge in [-0.05, 0) is 23.8 Å². The van der Waals surface area contributed by atoms with E-state index in [-0.39, 0.29) is 18.0 Å². The van der Waals surface area contributed by atoms with E-state index in [2.05, 4.69) is 6.92 Å². The van der Waals surface area contributed by atoms with Gasteiger partial charge in [0.15, 0.2) is 0 Å². The van der Waals surface area contributed by atoms with E-state index in [4.69, 9.17) is 5.26 Å². The molecular weight excluding hydrogens is 385 g/mol. The van der Waals surface area contributed by atoms with Crippen LogP contribution in [0.1, 0.15) is 43.7 Å². The Hall–Kier alpha value is -1.24. The summed E-state index contributed by atoms with van der Waals surface area (Å²) in [5.41, 5.74) is -1.27. The number of unbranched alkanes of at least 4 members (excludes halogenated alkanes) is 3. The Morgan fingerprint density at radius 1 is 1.19 bits per heavy atom. The molecule has 146 valence electrons. The number of nitrogens with zero attached hydrogens (tertiary/aromatic N) is 2. The maximum atomic E-state index is 13.1. The van der Waals surface area contributed by atoms with Gasteiger partial charge in [0.25, 0.3) is 0 Å². The van der Waals surface area contributed by atoms with Gasteiger partial charge in [-0.3, -0.25) is 0 Å². The van der Waals surface area contributed by atoms with Crippen molar-refractivity contribution in [3.05, 3.63) is 35.4 Å². The van der Waals surface area contributed by atoms with Crippen molar-refractivity contribution in [1.82, 2.24) is 4.31 Å². The number of hydrogen-bond acceptors (Lipinski definition) is 4. The second kappa shape index (κ2) is 10.8. The normalized spacial score (nSPS) is 12.3. The predicted octanol–water partition coefficient (Wildman–Crippen LogP) is 4.63. The zero-order chi connectivity index (χ0) is 19.6. The molecule has 0 radical (unpaired) electrons. The summed E-state index contributed by atoms with van der Waals surface area (Å²) in [5, 5.41) is 8.88. The molecule has 1 aromatic carbocycles. The highest BCUT2D eigenvalue weighted by Gasteiger charge is 2.35. The van der Waals surface area contributed by atoms with Crippen molar-refractivity contribution >= 4 is 21.8 Å². The number of halogens is 3. The quantitative estimate of drug-likeness (QED) is 0.304. The monoisotopic (exact) mass is 408 g/mol. The standard InChI is InChI=1S/C17H23F3N2O2S2/c1-2-3-4-7-12-25-14-22(11-10-21)26(23,24)13-15-8-5-6-9-16(15)17(18,19)20/h5-6,8-9H,2-4,7,11-14H2,1H3. The number of thioether (sulfide) groups is 1. The Morgan fingerprint density at radius 3 is 2.50 bits per heavy atom. The maximum Gasteiger partial charge on any atom is 0.416 e. The van der Waals surface area contributed by atoms with Crippen molar-refractivity contribution in [2.45, 2.75) is 44.5 Å². The van der Waals surface area contributed by atoms with E-state index >= 15 is 0 Å². The number of hydrogen-bond donors (Lipinski definition) is 0. The lowest BCUT2D eigenvalue weighted by Crippen LogP contribution is -2.33. The fraction of sp³-hybridized carbons (Fsp3) is 0.588. The van der Waals surface area contributed by atoms with Gasteiger partial charge in [-0.1, -0.05) is 44.4 Å². The summed E-state index contributed by atoms with van der Waals surface area (Å²) >= 11 is 1.37. The van der Waals surface area contributed by atoms with Crippen molar-refractivity contribution in [3.63, 3.8) is 0 Å². The van der Waals surface area contributed by atoms with E-state index in [0.717, 1.165) is 47.9 Å². The molecule has 9 heteroatoms. The van der Waals surface area contributed by atoms with Gasteiger partial charge in [0.1, 0.15) is 6.54 Å². The fourth-order valence-electron chi connectivity index (χ4n) is 2.31. The van der Waals surface area contributed by atoms with E-state index in [1.54, 1.807) is 6.07 Å². The molecule has 0 N–H and O–H groups in total. The van der Waals surface area contributed by atoms with Crippen molar-refractivity contribution in [3.8, 4) is 6.07 Å². The Labute approximate surface area is 157 Å². The lowest BCUT2D eigenvalue weighted by molar-refractivity contribution is -0.138. The minimum absolute atomic E-state index is 0.0657. The van der Waals surface area contributed by atoms with E-state index in [9.17, 15) is 21.6 Å². The third kappa shape index (κ3) is 7.56. The highest BCUT2D eigenvalue weighted by Crippen LogP contribution is 2.33. The van der Waals surface area contributed by atoms with Crippen LogP contribution in [0.2, 0.25) is 0 Å². The van der Waals surface area contributed by atoms with Gasteiger partial charge in [-0.25, -0.2) is 8.42 Å². The third-order valence-electron chi connectivity index (χ3n) is 3.68. The molecule has 0 saturated carbocycles. The van der Waals surface area contributed by atoms with Gasteiger partial charge >= 0.3 is 6.18 Å². The molecule has 0 saturated heterocycles. The average Bonchev–Trinajstić information content (AvgIpc) is 2.56. The van der Waals surface area contributed by atoms with Crippen LogP contribution in [0.5, 0.6) is 0 Å². The molecule has 0 aliphatic rings. The summed E-state index contributed by atoms with van der Waals surface area (Å²) in [4.78, 5) is 0. The van der Waals surface area contributed by atoms with Crippen LogP contribution >= 0.6 is 11.8 Å². The second-order valence-electron chi connectivity index (χ2n) is 5.78. The molecule has 0 heterocycles. The van der Waals surface area contributed by atoms with Crippen LogP contribution in [-0.4, -0.2) is 30.9 Å². The molecule has 0 aliphatic carbocycles. The highest BCUT2D eigenvalue weighted by atomic mass is 32.2. The summed E-state index contributed by atoms with van der Waals surface area (Å²) in [7, 11) is -4.03. The number of nitriles is 1. The Bertz CT molecular complexity index is 701. The predicted molar refractivity (Wildman–Crippen MR) is 97.9 cm³/mol. The van der Waals surface area contributed by atoms with Crippen LogP contribution in [0.3, 0.4) is 0 Å². The minimum Gasteiger partial charge on any atom is -0.212 e. The van der Waals surface area contributed by atoms with Crippen molar-refractivity contribution < 1.29 is 21.6 Å². The number of rotatable bonds is 11. The van der Waals surface area contributed by atoms with E-state index in [1.165, 1.54) is 23.9 Å². The van der Waals surface area contributed by atoms with Crippen molar-refractivity contribution in [2.75, 3.05) is 18.2 Å². The van der Waals surface area contributed by atoms with Crippen molar-refractivity contribution in [1.29, 1.82) is 5.26 Å². The fourth-order valence-corrected chi connectivity index (χ4v) is 5.09. The summed E-state index contributed by atoms with van der Waals surface area (Å²) in [6, 6.07) is 6.39. The SMILES string of the molecule is CCCCCCSCN(CC#N)S(=O)(=O)Cc1ccccc1C(F)(F)F. The highest BCUT2D eigenvalue weighted by molar-refractivity contribution is 8.00. The average molecular weight is 409 g/mol. The first-order valence-electron chi connectivity index (χ1n) is 8.30. The van der Waals surface area contributed by atoms with Gasteiger partial charge in [-0.2, -0.15) is 22.7 Å². The summed E-state index contributed by atoms with van der Waals surface area (Å²) < 4.78 is 65.2. The van der Waals surface area contributed by atoms with Crippen molar-refractivity contribution in [2.24, 2.45) is 0 Å². The molecular formula is C17H23F3N2O2S2. The topological polar surface area (TPSA) is 61.2 Å². The lowest BCUT2D eigenvalue weighted by Gasteiger charge is -2.20. The first kappa shape index (κ1) is 22.8. The van der Waals surface area contributed by atoms with E-state index < -0.39 is 27.5 Å². The first-order valence-corrected chi connectivity index (χ1v) is 11.1.